The Morgan fingerprint density at radius 3 is 2.75 bits per heavy atom. The second-order valence-electron chi connectivity index (χ2n) is 7.34. The second-order valence-corrected chi connectivity index (χ2v) is 9.79. The van der Waals surface area contributed by atoms with Gasteiger partial charge in [0, 0.05) is 31.7 Å². The van der Waals surface area contributed by atoms with Gasteiger partial charge in [-0.05, 0) is 32.1 Å². The molecule has 0 N–H and O–H groups in total. The normalized spacial score (nSPS) is 27.4. The van der Waals surface area contributed by atoms with Crippen LogP contribution in [0.2, 0.25) is 0 Å². The molecular formula is C16H22N2O5S. The minimum absolute atomic E-state index is 0.0261. The van der Waals surface area contributed by atoms with Gasteiger partial charge in [0.25, 0.3) is 5.91 Å². The molecule has 2 aliphatic heterocycles. The van der Waals surface area contributed by atoms with Crippen LogP contribution in [0.15, 0.2) is 10.6 Å². The maximum absolute atomic E-state index is 12.6. The van der Waals surface area contributed by atoms with E-state index in [9.17, 15) is 13.2 Å². The zero-order valence-electron chi connectivity index (χ0n) is 13.7. The highest BCUT2D eigenvalue weighted by molar-refractivity contribution is 7.93. The predicted molar refractivity (Wildman–Crippen MR) is 85.3 cm³/mol. The lowest BCUT2D eigenvalue weighted by molar-refractivity contribution is 0.0206. The van der Waals surface area contributed by atoms with Crippen LogP contribution in [0.25, 0.3) is 0 Å². The topological polar surface area (TPSA) is 89.7 Å². The maximum Gasteiger partial charge on any atom is 0.292 e. The van der Waals surface area contributed by atoms with Crippen molar-refractivity contribution in [3.8, 4) is 0 Å². The highest BCUT2D eigenvalue weighted by Gasteiger charge is 2.62. The van der Waals surface area contributed by atoms with E-state index in [0.29, 0.717) is 24.6 Å². The smallest absolute Gasteiger partial charge is 0.292 e. The number of hydrogen-bond donors (Lipinski definition) is 0. The molecule has 24 heavy (non-hydrogen) atoms. The third-order valence-electron chi connectivity index (χ3n) is 5.51. The molecule has 1 atom stereocenters. The van der Waals surface area contributed by atoms with Crippen LogP contribution >= 0.6 is 0 Å². The number of nitrogens with zero attached hydrogens (tertiary/aromatic N) is 2. The van der Waals surface area contributed by atoms with Crippen molar-refractivity contribution in [2.75, 3.05) is 32.1 Å². The number of aryl methyl sites for hydroxylation is 1. The molecule has 1 amide bonds. The van der Waals surface area contributed by atoms with Crippen LogP contribution in [0.1, 0.15) is 35.5 Å². The summed E-state index contributed by atoms with van der Waals surface area (Å²) in [6, 6.07) is 1.58. The highest BCUT2D eigenvalue weighted by atomic mass is 32.2. The van der Waals surface area contributed by atoms with Gasteiger partial charge >= 0.3 is 0 Å². The van der Waals surface area contributed by atoms with E-state index in [-0.39, 0.29) is 36.4 Å². The molecule has 1 spiro atoms. The molecule has 2 saturated heterocycles. The lowest BCUT2D eigenvalue weighted by Gasteiger charge is -2.49. The van der Waals surface area contributed by atoms with Gasteiger partial charge in [-0.3, -0.25) is 4.79 Å². The number of ether oxygens (including phenoxy) is 1. The Hall–Kier alpha value is -1.41. The van der Waals surface area contributed by atoms with Crippen LogP contribution in [0.4, 0.5) is 0 Å². The molecule has 0 aromatic carbocycles. The van der Waals surface area contributed by atoms with Crippen LogP contribution in [0.3, 0.4) is 0 Å². The molecule has 1 aromatic heterocycles. The van der Waals surface area contributed by atoms with Crippen LogP contribution in [0, 0.1) is 18.8 Å². The standard InChI is InChI=1S/C16H22N2O5S/c1-11-6-14(23-17-11)15(19)18-9-16(10-18)13(4-5-24(16,20)21)8-22-7-12-2-3-12/h6,12-13H,2-5,7-10H2,1H3. The van der Waals surface area contributed by atoms with Crippen molar-refractivity contribution in [3.05, 3.63) is 17.5 Å². The molecule has 8 heteroatoms. The summed E-state index contributed by atoms with van der Waals surface area (Å²) in [7, 11) is -3.20. The van der Waals surface area contributed by atoms with Crippen LogP contribution in [-0.4, -0.2) is 61.2 Å². The number of aromatic nitrogens is 1. The number of amides is 1. The lowest BCUT2D eigenvalue weighted by atomic mass is 9.83. The van der Waals surface area contributed by atoms with E-state index >= 15 is 0 Å². The third kappa shape index (κ3) is 2.56. The van der Waals surface area contributed by atoms with Gasteiger partial charge in [0.15, 0.2) is 9.84 Å². The number of sulfone groups is 1. The summed E-state index contributed by atoms with van der Waals surface area (Å²) in [5, 5.41) is 3.71. The Morgan fingerprint density at radius 1 is 1.38 bits per heavy atom. The molecule has 1 saturated carbocycles. The largest absolute Gasteiger partial charge is 0.381 e. The maximum atomic E-state index is 12.6. The van der Waals surface area contributed by atoms with Crippen molar-refractivity contribution in [2.24, 2.45) is 11.8 Å². The van der Waals surface area contributed by atoms with E-state index in [0.717, 1.165) is 6.61 Å². The summed E-state index contributed by atoms with van der Waals surface area (Å²) in [6.07, 6.45) is 3.05. The summed E-state index contributed by atoms with van der Waals surface area (Å²) < 4.78 is 35.0. The summed E-state index contributed by atoms with van der Waals surface area (Å²) in [5.41, 5.74) is 0.633. The van der Waals surface area contributed by atoms with Gasteiger partial charge in [0.2, 0.25) is 5.76 Å². The quantitative estimate of drug-likeness (QED) is 0.785. The average Bonchev–Trinajstić information content (AvgIpc) is 3.14. The first kappa shape index (κ1) is 16.1. The Labute approximate surface area is 141 Å². The minimum atomic E-state index is -3.20. The number of carbonyl (C=O) groups excluding carboxylic acids is 1. The molecule has 1 aliphatic carbocycles. The Balaban J connectivity index is 1.43. The number of rotatable bonds is 5. The zero-order chi connectivity index (χ0) is 16.9. The number of likely N-dealkylation sites (tertiary alicyclic amines) is 1. The predicted octanol–water partition coefficient (Wildman–Crippen LogP) is 1.04. The SMILES string of the molecule is Cc1cc(C(=O)N2CC3(C2)C(COCC2CC2)CCS3(=O)=O)on1. The summed E-state index contributed by atoms with van der Waals surface area (Å²) in [4.78, 5) is 13.9. The van der Waals surface area contributed by atoms with Gasteiger partial charge < -0.3 is 14.2 Å². The van der Waals surface area contributed by atoms with Crippen molar-refractivity contribution in [3.63, 3.8) is 0 Å². The van der Waals surface area contributed by atoms with Crippen molar-refractivity contribution in [1.82, 2.24) is 10.1 Å². The fraction of sp³-hybridized carbons (Fsp3) is 0.750. The molecule has 0 bridgehead atoms. The van der Waals surface area contributed by atoms with Crippen LogP contribution < -0.4 is 0 Å². The van der Waals surface area contributed by atoms with Crippen molar-refractivity contribution >= 4 is 15.7 Å². The first-order chi connectivity index (χ1) is 11.4. The van der Waals surface area contributed by atoms with Gasteiger partial charge in [-0.25, -0.2) is 8.42 Å². The van der Waals surface area contributed by atoms with Crippen molar-refractivity contribution in [2.45, 2.75) is 30.9 Å². The molecule has 3 heterocycles. The minimum Gasteiger partial charge on any atom is -0.381 e. The number of hydrogen-bond acceptors (Lipinski definition) is 6. The molecule has 132 valence electrons. The first-order valence-electron chi connectivity index (χ1n) is 8.44. The zero-order valence-corrected chi connectivity index (χ0v) is 14.5. The molecule has 0 radical (unpaired) electrons. The summed E-state index contributed by atoms with van der Waals surface area (Å²) >= 11 is 0. The Kier molecular flexibility index (Phi) is 3.72. The van der Waals surface area contributed by atoms with E-state index in [1.54, 1.807) is 13.0 Å². The average molecular weight is 354 g/mol. The fourth-order valence-electron chi connectivity index (χ4n) is 3.73. The van der Waals surface area contributed by atoms with Crippen molar-refractivity contribution < 1.29 is 22.5 Å². The number of carbonyl (C=O) groups is 1. The molecule has 3 fully saturated rings. The van der Waals surface area contributed by atoms with E-state index in [1.165, 1.54) is 17.7 Å². The van der Waals surface area contributed by atoms with Gasteiger partial charge in [-0.1, -0.05) is 5.16 Å². The summed E-state index contributed by atoms with van der Waals surface area (Å²) in [6.45, 7) is 3.40. The van der Waals surface area contributed by atoms with Gasteiger partial charge in [0.1, 0.15) is 4.75 Å². The molecule has 1 aromatic rings. The van der Waals surface area contributed by atoms with Gasteiger partial charge in [-0.2, -0.15) is 0 Å². The van der Waals surface area contributed by atoms with Crippen LogP contribution in [0.5, 0.6) is 0 Å². The molecule has 3 aliphatic rings. The lowest BCUT2D eigenvalue weighted by Crippen LogP contribution is -2.68. The van der Waals surface area contributed by atoms with E-state index in [4.69, 9.17) is 9.26 Å². The fourth-order valence-corrected chi connectivity index (χ4v) is 6.13. The van der Waals surface area contributed by atoms with E-state index in [2.05, 4.69) is 5.16 Å². The third-order valence-corrected chi connectivity index (χ3v) is 8.11. The Morgan fingerprint density at radius 2 is 2.12 bits per heavy atom. The molecule has 7 nitrogen and oxygen atoms in total. The Bertz CT molecular complexity index is 746. The van der Waals surface area contributed by atoms with Gasteiger partial charge in [0.05, 0.1) is 18.1 Å². The highest BCUT2D eigenvalue weighted by Crippen LogP contribution is 2.45. The molecule has 4 rings (SSSR count). The molecular weight excluding hydrogens is 332 g/mol. The van der Waals surface area contributed by atoms with E-state index in [1.807, 2.05) is 0 Å². The second kappa shape index (κ2) is 5.56. The van der Waals surface area contributed by atoms with Gasteiger partial charge in [-0.15, -0.1) is 0 Å². The van der Waals surface area contributed by atoms with Crippen molar-refractivity contribution in [1.29, 1.82) is 0 Å². The first-order valence-corrected chi connectivity index (χ1v) is 10.1. The monoisotopic (exact) mass is 354 g/mol. The van der Waals surface area contributed by atoms with E-state index < -0.39 is 14.6 Å². The molecule has 1 unspecified atom stereocenters. The van der Waals surface area contributed by atoms with Crippen LogP contribution in [-0.2, 0) is 14.6 Å². The summed E-state index contributed by atoms with van der Waals surface area (Å²) in [5.74, 6) is 0.698.